The van der Waals surface area contributed by atoms with Crippen LogP contribution in [0.25, 0.3) is 0 Å². The van der Waals surface area contributed by atoms with Crippen LogP contribution in [0.15, 0.2) is 0 Å². The molecule has 10 heavy (non-hydrogen) atoms. The minimum atomic E-state index is -0.630. The third-order valence-electron chi connectivity index (χ3n) is 2.14. The van der Waals surface area contributed by atoms with E-state index in [1.807, 2.05) is 0 Å². The van der Waals surface area contributed by atoms with Crippen LogP contribution in [0, 0.1) is 5.41 Å². The second kappa shape index (κ2) is 3.01. The molecule has 3 heteroatoms. The summed E-state index contributed by atoms with van der Waals surface area (Å²) >= 11 is 0. The average molecular weight is 161 g/mol. The lowest BCUT2D eigenvalue weighted by atomic mass is 10.1. The molecule has 2 N–H and O–H groups in total. The molecule has 0 spiro atoms. The van der Waals surface area contributed by atoms with E-state index in [9.17, 15) is 4.21 Å². The van der Waals surface area contributed by atoms with Gasteiger partial charge in [0.15, 0.2) is 0 Å². The predicted molar refractivity (Wildman–Crippen MR) is 44.3 cm³/mol. The Hall–Kier alpha value is 0.110. The molecule has 0 aromatic rings. The van der Waals surface area contributed by atoms with Gasteiger partial charge in [0.25, 0.3) is 0 Å². The van der Waals surface area contributed by atoms with E-state index in [4.69, 9.17) is 5.73 Å². The zero-order valence-electron chi connectivity index (χ0n) is 6.43. The van der Waals surface area contributed by atoms with Crippen molar-refractivity contribution >= 4 is 10.8 Å². The molecular formula is C7H15NOS. The van der Waals surface area contributed by atoms with Gasteiger partial charge in [-0.3, -0.25) is 4.21 Å². The molecule has 60 valence electrons. The SMILES string of the molecule is CS(=O)CC1(CCN)CC1. The summed E-state index contributed by atoms with van der Waals surface area (Å²) in [5, 5.41) is 0. The Morgan fingerprint density at radius 1 is 1.60 bits per heavy atom. The quantitative estimate of drug-likeness (QED) is 0.652. The molecule has 0 aromatic carbocycles. The van der Waals surface area contributed by atoms with Crippen molar-refractivity contribution < 1.29 is 4.21 Å². The van der Waals surface area contributed by atoms with Crippen LogP contribution in [0.4, 0.5) is 0 Å². The van der Waals surface area contributed by atoms with Crippen LogP contribution in [0.3, 0.4) is 0 Å². The fourth-order valence-corrected chi connectivity index (χ4v) is 2.68. The van der Waals surface area contributed by atoms with Crippen molar-refractivity contribution in [1.29, 1.82) is 0 Å². The average Bonchev–Trinajstić information content (AvgIpc) is 2.47. The largest absolute Gasteiger partial charge is 0.330 e. The molecule has 0 amide bonds. The van der Waals surface area contributed by atoms with Crippen LogP contribution in [-0.4, -0.2) is 22.8 Å². The van der Waals surface area contributed by atoms with Crippen LogP contribution >= 0.6 is 0 Å². The summed E-state index contributed by atoms with van der Waals surface area (Å²) in [6, 6.07) is 0. The summed E-state index contributed by atoms with van der Waals surface area (Å²) in [6.45, 7) is 0.747. The van der Waals surface area contributed by atoms with Gasteiger partial charge in [-0.15, -0.1) is 0 Å². The van der Waals surface area contributed by atoms with Crippen molar-refractivity contribution in [1.82, 2.24) is 0 Å². The molecule has 1 aliphatic rings. The highest BCUT2D eigenvalue weighted by Crippen LogP contribution is 2.48. The van der Waals surface area contributed by atoms with E-state index in [0.29, 0.717) is 5.41 Å². The number of hydrogen-bond donors (Lipinski definition) is 1. The van der Waals surface area contributed by atoms with Crippen LogP contribution in [0.5, 0.6) is 0 Å². The minimum Gasteiger partial charge on any atom is -0.330 e. The maximum Gasteiger partial charge on any atom is 0.0289 e. The second-order valence-corrected chi connectivity index (χ2v) is 4.69. The van der Waals surface area contributed by atoms with Crippen molar-refractivity contribution in [3.63, 3.8) is 0 Å². The molecule has 1 aliphatic carbocycles. The fourth-order valence-electron chi connectivity index (χ4n) is 1.38. The van der Waals surface area contributed by atoms with Crippen LogP contribution in [-0.2, 0) is 10.8 Å². The Kier molecular flexibility index (Phi) is 2.47. The normalized spacial score (nSPS) is 24.2. The molecule has 0 aromatic heterocycles. The third-order valence-corrected chi connectivity index (χ3v) is 3.16. The maximum atomic E-state index is 10.8. The fraction of sp³-hybridized carbons (Fsp3) is 1.00. The molecule has 0 aliphatic heterocycles. The standard InChI is InChI=1S/C7H15NOS/c1-10(9)6-7(2-3-7)4-5-8/h2-6,8H2,1H3. The summed E-state index contributed by atoms with van der Waals surface area (Å²) in [7, 11) is -0.630. The molecule has 1 saturated carbocycles. The molecule has 1 atom stereocenters. The summed E-state index contributed by atoms with van der Waals surface area (Å²) in [4.78, 5) is 0. The third kappa shape index (κ3) is 2.06. The summed E-state index contributed by atoms with van der Waals surface area (Å²) in [5.74, 6) is 0.865. The van der Waals surface area contributed by atoms with E-state index >= 15 is 0 Å². The van der Waals surface area contributed by atoms with Gasteiger partial charge in [-0.25, -0.2) is 0 Å². The predicted octanol–water partition coefficient (Wildman–Crippen LogP) is 0.494. The molecule has 2 nitrogen and oxygen atoms in total. The van der Waals surface area contributed by atoms with Crippen molar-refractivity contribution in [2.45, 2.75) is 19.3 Å². The van der Waals surface area contributed by atoms with Gasteiger partial charge in [0.2, 0.25) is 0 Å². The highest BCUT2D eigenvalue weighted by Gasteiger charge is 2.42. The summed E-state index contributed by atoms with van der Waals surface area (Å²) in [5.41, 5.74) is 5.83. The lowest BCUT2D eigenvalue weighted by Gasteiger charge is -2.10. The summed E-state index contributed by atoms with van der Waals surface area (Å²) < 4.78 is 10.8. The molecular weight excluding hydrogens is 146 g/mol. The second-order valence-electron chi connectivity index (χ2n) is 3.26. The first-order valence-corrected chi connectivity index (χ1v) is 5.41. The Bertz CT molecular complexity index is 143. The number of nitrogens with two attached hydrogens (primary N) is 1. The van der Waals surface area contributed by atoms with Gasteiger partial charge >= 0.3 is 0 Å². The van der Waals surface area contributed by atoms with Crippen molar-refractivity contribution in [3.05, 3.63) is 0 Å². The van der Waals surface area contributed by atoms with E-state index in [-0.39, 0.29) is 0 Å². The first-order chi connectivity index (χ1) is 4.68. The minimum absolute atomic E-state index is 0.397. The smallest absolute Gasteiger partial charge is 0.0289 e. The zero-order chi connectivity index (χ0) is 7.61. The van der Waals surface area contributed by atoms with Gasteiger partial charge in [0.1, 0.15) is 0 Å². The first kappa shape index (κ1) is 8.21. The lowest BCUT2D eigenvalue weighted by molar-refractivity contribution is 0.530. The Morgan fingerprint density at radius 3 is 2.50 bits per heavy atom. The molecule has 1 fully saturated rings. The van der Waals surface area contributed by atoms with Gasteiger partial charge in [-0.2, -0.15) is 0 Å². The zero-order valence-corrected chi connectivity index (χ0v) is 7.25. The molecule has 1 unspecified atom stereocenters. The monoisotopic (exact) mass is 161 g/mol. The van der Waals surface area contributed by atoms with E-state index < -0.39 is 10.8 Å². The first-order valence-electron chi connectivity index (χ1n) is 3.69. The highest BCUT2D eigenvalue weighted by atomic mass is 32.2. The van der Waals surface area contributed by atoms with Gasteiger partial charge in [0, 0.05) is 22.8 Å². The van der Waals surface area contributed by atoms with Crippen molar-refractivity contribution in [2.75, 3.05) is 18.6 Å². The van der Waals surface area contributed by atoms with E-state index in [1.54, 1.807) is 6.26 Å². The number of hydrogen-bond acceptors (Lipinski definition) is 2. The number of rotatable bonds is 4. The maximum absolute atomic E-state index is 10.8. The molecule has 0 radical (unpaired) electrons. The molecule has 0 heterocycles. The molecule has 1 rings (SSSR count). The highest BCUT2D eigenvalue weighted by molar-refractivity contribution is 7.84. The van der Waals surface area contributed by atoms with Crippen molar-refractivity contribution in [3.8, 4) is 0 Å². The van der Waals surface area contributed by atoms with E-state index in [2.05, 4.69) is 0 Å². The molecule has 0 bridgehead atoms. The van der Waals surface area contributed by atoms with Gasteiger partial charge in [-0.1, -0.05) is 0 Å². The van der Waals surface area contributed by atoms with Crippen LogP contribution < -0.4 is 5.73 Å². The van der Waals surface area contributed by atoms with E-state index in [1.165, 1.54) is 12.8 Å². The lowest BCUT2D eigenvalue weighted by Crippen LogP contribution is -2.15. The van der Waals surface area contributed by atoms with Crippen LogP contribution in [0.1, 0.15) is 19.3 Å². The van der Waals surface area contributed by atoms with E-state index in [0.717, 1.165) is 18.7 Å². The Balaban J connectivity index is 2.30. The Morgan fingerprint density at radius 2 is 2.20 bits per heavy atom. The van der Waals surface area contributed by atoms with Crippen LogP contribution in [0.2, 0.25) is 0 Å². The van der Waals surface area contributed by atoms with Crippen molar-refractivity contribution in [2.24, 2.45) is 11.1 Å². The van der Waals surface area contributed by atoms with Gasteiger partial charge in [0.05, 0.1) is 0 Å². The Labute approximate surface area is 64.6 Å². The molecule has 0 saturated heterocycles. The van der Waals surface area contributed by atoms with Gasteiger partial charge in [-0.05, 0) is 31.2 Å². The topological polar surface area (TPSA) is 43.1 Å². The summed E-state index contributed by atoms with van der Waals surface area (Å²) in [6.07, 6.45) is 5.32. The van der Waals surface area contributed by atoms with Gasteiger partial charge < -0.3 is 5.73 Å².